The number of rotatable bonds is 7. The number of halogens is 1. The minimum Gasteiger partial charge on any atom is -0.486 e. The van der Waals surface area contributed by atoms with Gasteiger partial charge in [-0.05, 0) is 37.0 Å². The number of likely N-dealkylation sites (tertiary alicyclic amines) is 1. The van der Waals surface area contributed by atoms with Crippen molar-refractivity contribution in [3.63, 3.8) is 0 Å². The molecule has 0 bridgehead atoms. The number of fused-ring (bicyclic) bond motifs is 1. The highest BCUT2D eigenvalue weighted by atomic mass is 35.5. The van der Waals surface area contributed by atoms with Gasteiger partial charge in [0.15, 0.2) is 11.5 Å². The molecule has 0 saturated carbocycles. The van der Waals surface area contributed by atoms with Gasteiger partial charge in [-0.25, -0.2) is 0 Å². The van der Waals surface area contributed by atoms with Gasteiger partial charge in [-0.15, -0.1) is 12.4 Å². The molecule has 7 nitrogen and oxygen atoms in total. The third-order valence-corrected chi connectivity index (χ3v) is 4.90. The molecule has 2 atom stereocenters. The summed E-state index contributed by atoms with van der Waals surface area (Å²) < 4.78 is 11.2. The van der Waals surface area contributed by atoms with Crippen LogP contribution < -0.4 is 14.8 Å². The first kappa shape index (κ1) is 21.3. The number of carboxylic acids is 1. The van der Waals surface area contributed by atoms with E-state index in [9.17, 15) is 14.7 Å². The Bertz CT molecular complexity index is 670. The lowest BCUT2D eigenvalue weighted by atomic mass is 10.0. The van der Waals surface area contributed by atoms with E-state index in [2.05, 4.69) is 5.32 Å². The summed E-state index contributed by atoms with van der Waals surface area (Å²) >= 11 is 0. The first-order valence-electron chi connectivity index (χ1n) is 9.25. The number of ether oxygens (including phenoxy) is 2. The number of aliphatic carboxylic acids is 1. The molecule has 3 rings (SSSR count). The number of nitrogens with zero attached hydrogens (tertiary/aromatic N) is 1. The Labute approximate surface area is 165 Å². The van der Waals surface area contributed by atoms with Gasteiger partial charge in [-0.2, -0.15) is 0 Å². The summed E-state index contributed by atoms with van der Waals surface area (Å²) in [4.78, 5) is 25.7. The van der Waals surface area contributed by atoms with Gasteiger partial charge in [-0.1, -0.05) is 19.4 Å². The van der Waals surface area contributed by atoms with Crippen LogP contribution in [0.25, 0.3) is 0 Å². The highest BCUT2D eigenvalue weighted by molar-refractivity contribution is 5.85. The minimum atomic E-state index is -0.913. The van der Waals surface area contributed by atoms with E-state index >= 15 is 0 Å². The van der Waals surface area contributed by atoms with Crippen molar-refractivity contribution in [1.82, 2.24) is 10.2 Å². The fourth-order valence-corrected chi connectivity index (χ4v) is 3.59. The minimum absolute atomic E-state index is 0. The number of carbonyl (C=O) groups excluding carboxylic acids is 1. The van der Waals surface area contributed by atoms with E-state index in [1.807, 2.05) is 30.0 Å². The summed E-state index contributed by atoms with van der Waals surface area (Å²) in [6.45, 7) is 3.73. The molecule has 2 heterocycles. The smallest absolute Gasteiger partial charge is 0.320 e. The molecule has 1 aromatic rings. The fraction of sp³-hybridized carbons (Fsp3) is 0.579. The molecule has 150 valence electrons. The van der Waals surface area contributed by atoms with Gasteiger partial charge < -0.3 is 19.5 Å². The average molecular weight is 399 g/mol. The third kappa shape index (κ3) is 5.05. The predicted molar refractivity (Wildman–Crippen MR) is 103 cm³/mol. The SMILES string of the molecule is CCCC(NCC(=O)N1CCCC1c1ccc2c(c1)OCCO2)C(=O)O.Cl. The van der Waals surface area contributed by atoms with Gasteiger partial charge in [0.2, 0.25) is 5.91 Å². The molecule has 2 unspecified atom stereocenters. The number of carbonyl (C=O) groups is 2. The second-order valence-corrected chi connectivity index (χ2v) is 6.71. The molecular weight excluding hydrogens is 372 g/mol. The zero-order valence-electron chi connectivity index (χ0n) is 15.5. The van der Waals surface area contributed by atoms with Crippen LogP contribution in [-0.4, -0.2) is 54.2 Å². The molecular formula is C19H27ClN2O5. The maximum atomic E-state index is 12.7. The number of amides is 1. The van der Waals surface area contributed by atoms with Crippen molar-refractivity contribution >= 4 is 24.3 Å². The van der Waals surface area contributed by atoms with Crippen molar-refractivity contribution in [3.8, 4) is 11.5 Å². The lowest BCUT2D eigenvalue weighted by Crippen LogP contribution is -2.44. The zero-order chi connectivity index (χ0) is 18.5. The molecule has 8 heteroatoms. The maximum Gasteiger partial charge on any atom is 0.320 e. The average Bonchev–Trinajstić information content (AvgIpc) is 3.14. The monoisotopic (exact) mass is 398 g/mol. The summed E-state index contributed by atoms with van der Waals surface area (Å²) in [5.41, 5.74) is 1.03. The van der Waals surface area contributed by atoms with Crippen molar-refractivity contribution in [2.75, 3.05) is 26.3 Å². The van der Waals surface area contributed by atoms with Crippen LogP contribution in [-0.2, 0) is 9.59 Å². The van der Waals surface area contributed by atoms with Crippen LogP contribution in [0.2, 0.25) is 0 Å². The molecule has 0 spiro atoms. The molecule has 0 aliphatic carbocycles. The Morgan fingerprint density at radius 3 is 2.74 bits per heavy atom. The molecule has 0 aromatic heterocycles. The topological polar surface area (TPSA) is 88.1 Å². The second-order valence-electron chi connectivity index (χ2n) is 6.71. The van der Waals surface area contributed by atoms with Crippen molar-refractivity contribution in [3.05, 3.63) is 23.8 Å². The van der Waals surface area contributed by atoms with Crippen molar-refractivity contribution in [1.29, 1.82) is 0 Å². The summed E-state index contributed by atoms with van der Waals surface area (Å²) in [5, 5.41) is 12.1. The number of hydrogen-bond donors (Lipinski definition) is 2. The van der Waals surface area contributed by atoms with Crippen molar-refractivity contribution in [2.24, 2.45) is 0 Å². The third-order valence-electron chi connectivity index (χ3n) is 4.90. The summed E-state index contributed by atoms with van der Waals surface area (Å²) in [6.07, 6.45) is 3.08. The van der Waals surface area contributed by atoms with Crippen LogP contribution in [0, 0.1) is 0 Å². The van der Waals surface area contributed by atoms with Crippen LogP contribution in [0.1, 0.15) is 44.2 Å². The van der Waals surface area contributed by atoms with E-state index in [-0.39, 0.29) is 30.9 Å². The molecule has 2 aliphatic rings. The van der Waals surface area contributed by atoms with E-state index in [1.54, 1.807) is 0 Å². The second kappa shape index (κ2) is 9.80. The van der Waals surface area contributed by atoms with E-state index in [4.69, 9.17) is 9.47 Å². The fourth-order valence-electron chi connectivity index (χ4n) is 3.59. The quantitative estimate of drug-likeness (QED) is 0.733. The number of nitrogens with one attached hydrogen (secondary N) is 1. The molecule has 2 aliphatic heterocycles. The lowest BCUT2D eigenvalue weighted by molar-refractivity contribution is -0.140. The molecule has 1 saturated heterocycles. The number of benzene rings is 1. The highest BCUT2D eigenvalue weighted by Crippen LogP contribution is 2.38. The van der Waals surface area contributed by atoms with Crippen LogP contribution in [0.3, 0.4) is 0 Å². The van der Waals surface area contributed by atoms with E-state index in [0.717, 1.165) is 36.3 Å². The number of carboxylic acid groups (broad SMARTS) is 1. The Balaban J connectivity index is 0.00000261. The maximum absolute atomic E-state index is 12.7. The summed E-state index contributed by atoms with van der Waals surface area (Å²) in [6, 6.07) is 5.14. The molecule has 27 heavy (non-hydrogen) atoms. The normalized spacial score (nSPS) is 19.3. The molecule has 1 fully saturated rings. The van der Waals surface area contributed by atoms with Gasteiger partial charge in [-0.3, -0.25) is 14.9 Å². The highest BCUT2D eigenvalue weighted by Gasteiger charge is 2.31. The van der Waals surface area contributed by atoms with Gasteiger partial charge in [0.25, 0.3) is 0 Å². The van der Waals surface area contributed by atoms with Crippen molar-refractivity contribution < 1.29 is 24.2 Å². The first-order valence-corrected chi connectivity index (χ1v) is 9.25. The van der Waals surface area contributed by atoms with E-state index in [1.165, 1.54) is 0 Å². The Kier molecular flexibility index (Phi) is 7.74. The van der Waals surface area contributed by atoms with Gasteiger partial charge in [0.1, 0.15) is 19.3 Å². The Morgan fingerprint density at radius 1 is 1.30 bits per heavy atom. The predicted octanol–water partition coefficient (Wildman–Crippen LogP) is 2.39. The van der Waals surface area contributed by atoms with Crippen LogP contribution in [0.5, 0.6) is 11.5 Å². The molecule has 1 amide bonds. The molecule has 2 N–H and O–H groups in total. The number of hydrogen-bond acceptors (Lipinski definition) is 5. The largest absolute Gasteiger partial charge is 0.486 e. The molecule has 1 aromatic carbocycles. The standard InChI is InChI=1S/C19H26N2O5.ClH/c1-2-4-14(19(23)24)20-12-18(22)21-8-3-5-15(21)13-6-7-16-17(11-13)26-10-9-25-16;/h6-7,11,14-15,20H,2-5,8-10,12H2,1H3,(H,23,24);1H. The summed E-state index contributed by atoms with van der Waals surface area (Å²) in [7, 11) is 0. The van der Waals surface area contributed by atoms with E-state index in [0.29, 0.717) is 26.2 Å². The summed E-state index contributed by atoms with van der Waals surface area (Å²) in [5.74, 6) is 0.482. The van der Waals surface area contributed by atoms with Gasteiger partial charge in [0, 0.05) is 6.54 Å². The first-order chi connectivity index (χ1) is 12.6. The van der Waals surface area contributed by atoms with Gasteiger partial charge in [0.05, 0.1) is 12.6 Å². The van der Waals surface area contributed by atoms with Gasteiger partial charge >= 0.3 is 5.97 Å². The van der Waals surface area contributed by atoms with Crippen LogP contribution in [0.4, 0.5) is 0 Å². The molecule has 0 radical (unpaired) electrons. The van der Waals surface area contributed by atoms with Crippen LogP contribution >= 0.6 is 12.4 Å². The van der Waals surface area contributed by atoms with E-state index < -0.39 is 12.0 Å². The lowest BCUT2D eigenvalue weighted by Gasteiger charge is -2.27. The Morgan fingerprint density at radius 2 is 2.04 bits per heavy atom. The van der Waals surface area contributed by atoms with Crippen LogP contribution in [0.15, 0.2) is 18.2 Å². The van der Waals surface area contributed by atoms with Crippen molar-refractivity contribution in [2.45, 2.75) is 44.7 Å². The Hall–Kier alpha value is -1.99. The zero-order valence-corrected chi connectivity index (χ0v) is 16.3.